The first kappa shape index (κ1) is 19.0. The number of imidazole rings is 1. The summed E-state index contributed by atoms with van der Waals surface area (Å²) in [5.74, 6) is 0.528. The lowest BCUT2D eigenvalue weighted by molar-refractivity contribution is -0.144. The van der Waals surface area contributed by atoms with Crippen LogP contribution in [0.4, 0.5) is 10.7 Å². The molecule has 1 atom stereocenters. The molecule has 8 heteroatoms. The number of nitrogens with one attached hydrogen (secondary N) is 1. The SMILES string of the molecule is CCOC(=O)[C@@H](C)NC(=O)N1CCN(c2nc3ccccc3n2CC)CC1. The number of aryl methyl sites for hydroxylation is 1. The molecule has 0 radical (unpaired) electrons. The molecule has 0 spiro atoms. The lowest BCUT2D eigenvalue weighted by Gasteiger charge is -2.35. The average molecular weight is 373 g/mol. The number of aromatic nitrogens is 2. The van der Waals surface area contributed by atoms with Gasteiger partial charge in [0.1, 0.15) is 6.04 Å². The van der Waals surface area contributed by atoms with Gasteiger partial charge in [-0.2, -0.15) is 0 Å². The van der Waals surface area contributed by atoms with E-state index in [1.807, 2.05) is 18.2 Å². The van der Waals surface area contributed by atoms with Crippen molar-refractivity contribution in [3.63, 3.8) is 0 Å². The first-order chi connectivity index (χ1) is 13.0. The highest BCUT2D eigenvalue weighted by Gasteiger charge is 2.26. The molecule has 8 nitrogen and oxygen atoms in total. The molecule has 0 saturated carbocycles. The van der Waals surface area contributed by atoms with Gasteiger partial charge in [0.05, 0.1) is 17.6 Å². The van der Waals surface area contributed by atoms with Gasteiger partial charge in [-0.15, -0.1) is 0 Å². The van der Waals surface area contributed by atoms with Gasteiger partial charge in [0.2, 0.25) is 5.95 Å². The van der Waals surface area contributed by atoms with Crippen molar-refractivity contribution in [2.24, 2.45) is 0 Å². The van der Waals surface area contributed by atoms with Gasteiger partial charge in [-0.3, -0.25) is 0 Å². The third-order valence-electron chi connectivity index (χ3n) is 4.78. The molecule has 1 aliphatic rings. The van der Waals surface area contributed by atoms with Gasteiger partial charge < -0.3 is 24.4 Å². The zero-order valence-corrected chi connectivity index (χ0v) is 16.1. The Bertz CT molecular complexity index is 811. The number of urea groups is 1. The van der Waals surface area contributed by atoms with E-state index in [4.69, 9.17) is 9.72 Å². The number of esters is 1. The number of benzene rings is 1. The molecule has 1 aliphatic heterocycles. The minimum atomic E-state index is -0.653. The van der Waals surface area contributed by atoms with Crippen molar-refractivity contribution < 1.29 is 14.3 Å². The average Bonchev–Trinajstić information content (AvgIpc) is 3.06. The standard InChI is InChI=1S/C19H27N5O3/c1-4-24-16-9-7-6-8-15(16)21-18(24)22-10-12-23(13-11-22)19(26)20-14(3)17(25)27-5-2/h6-9,14H,4-5,10-13H2,1-3H3,(H,20,26)/t14-/m1/s1. The number of carbonyl (C=O) groups excluding carboxylic acids is 2. The van der Waals surface area contributed by atoms with Gasteiger partial charge in [0, 0.05) is 32.7 Å². The molecule has 2 aromatic rings. The monoisotopic (exact) mass is 373 g/mol. The number of amides is 2. The second kappa shape index (κ2) is 8.28. The van der Waals surface area contributed by atoms with Gasteiger partial charge in [0.15, 0.2) is 0 Å². The molecule has 0 bridgehead atoms. The number of ether oxygens (including phenoxy) is 1. The number of nitrogens with zero attached hydrogens (tertiary/aromatic N) is 4. The summed E-state index contributed by atoms with van der Waals surface area (Å²) in [5, 5.41) is 2.71. The van der Waals surface area contributed by atoms with Crippen LogP contribution in [-0.4, -0.2) is 65.3 Å². The fourth-order valence-corrected chi connectivity index (χ4v) is 3.33. The molecule has 1 fully saturated rings. The van der Waals surface area contributed by atoms with Crippen molar-refractivity contribution in [2.75, 3.05) is 37.7 Å². The summed E-state index contributed by atoms with van der Waals surface area (Å²) in [7, 11) is 0. The lowest BCUT2D eigenvalue weighted by Crippen LogP contribution is -2.54. The summed E-state index contributed by atoms with van der Waals surface area (Å²) in [6.45, 7) is 9.19. The first-order valence-electron chi connectivity index (χ1n) is 9.47. The van der Waals surface area contributed by atoms with Crippen molar-refractivity contribution in [3.05, 3.63) is 24.3 Å². The Balaban J connectivity index is 1.62. The number of hydrogen-bond donors (Lipinski definition) is 1. The molecular formula is C19H27N5O3. The van der Waals surface area contributed by atoms with Crippen LogP contribution >= 0.6 is 0 Å². The Hall–Kier alpha value is -2.77. The highest BCUT2D eigenvalue weighted by Crippen LogP contribution is 2.23. The maximum Gasteiger partial charge on any atom is 0.328 e. The summed E-state index contributed by atoms with van der Waals surface area (Å²) >= 11 is 0. The van der Waals surface area contributed by atoms with Crippen molar-refractivity contribution >= 4 is 29.0 Å². The highest BCUT2D eigenvalue weighted by molar-refractivity contribution is 5.83. The normalized spacial score (nSPS) is 15.7. The fourth-order valence-electron chi connectivity index (χ4n) is 3.33. The van der Waals surface area contributed by atoms with Crippen molar-refractivity contribution in [1.29, 1.82) is 0 Å². The van der Waals surface area contributed by atoms with E-state index in [0.29, 0.717) is 32.8 Å². The summed E-state index contributed by atoms with van der Waals surface area (Å²) in [5.41, 5.74) is 2.11. The molecule has 146 valence electrons. The smallest absolute Gasteiger partial charge is 0.328 e. The highest BCUT2D eigenvalue weighted by atomic mass is 16.5. The van der Waals surface area contributed by atoms with Crippen LogP contribution in [0.25, 0.3) is 11.0 Å². The lowest BCUT2D eigenvalue weighted by atomic mass is 10.3. The topological polar surface area (TPSA) is 79.7 Å². The van der Waals surface area contributed by atoms with E-state index in [1.165, 1.54) is 0 Å². The van der Waals surface area contributed by atoms with Crippen LogP contribution in [-0.2, 0) is 16.1 Å². The van der Waals surface area contributed by atoms with Crippen LogP contribution < -0.4 is 10.2 Å². The van der Waals surface area contributed by atoms with Gasteiger partial charge in [-0.1, -0.05) is 12.1 Å². The second-order valence-electron chi connectivity index (χ2n) is 6.54. The summed E-state index contributed by atoms with van der Waals surface area (Å²) < 4.78 is 7.13. The number of hydrogen-bond acceptors (Lipinski definition) is 5. The zero-order chi connectivity index (χ0) is 19.4. The van der Waals surface area contributed by atoms with E-state index < -0.39 is 12.0 Å². The predicted octanol–water partition coefficient (Wildman–Crippen LogP) is 1.84. The van der Waals surface area contributed by atoms with Crippen molar-refractivity contribution in [1.82, 2.24) is 19.8 Å². The Kier molecular flexibility index (Phi) is 5.83. The second-order valence-corrected chi connectivity index (χ2v) is 6.54. The Morgan fingerprint density at radius 3 is 2.56 bits per heavy atom. The molecule has 1 saturated heterocycles. The number of anilines is 1. The van der Waals surface area contributed by atoms with E-state index in [9.17, 15) is 9.59 Å². The largest absolute Gasteiger partial charge is 0.464 e. The van der Waals surface area contributed by atoms with Gasteiger partial charge in [0.25, 0.3) is 0 Å². The number of para-hydroxylation sites is 2. The third kappa shape index (κ3) is 3.99. The number of piperazine rings is 1. The number of rotatable bonds is 5. The first-order valence-corrected chi connectivity index (χ1v) is 9.47. The molecule has 1 aromatic carbocycles. The Morgan fingerprint density at radius 1 is 1.19 bits per heavy atom. The predicted molar refractivity (Wildman–Crippen MR) is 104 cm³/mol. The van der Waals surface area contributed by atoms with Crippen molar-refractivity contribution in [3.8, 4) is 0 Å². The summed E-state index contributed by atoms with van der Waals surface area (Å²) in [6.07, 6.45) is 0. The molecular weight excluding hydrogens is 346 g/mol. The third-order valence-corrected chi connectivity index (χ3v) is 4.78. The van der Waals surface area contributed by atoms with Crippen LogP contribution in [0.2, 0.25) is 0 Å². The van der Waals surface area contributed by atoms with E-state index >= 15 is 0 Å². The molecule has 1 N–H and O–H groups in total. The van der Waals surface area contributed by atoms with Gasteiger partial charge in [-0.05, 0) is 32.9 Å². The van der Waals surface area contributed by atoms with Crippen LogP contribution in [0.15, 0.2) is 24.3 Å². The molecule has 0 unspecified atom stereocenters. The van der Waals surface area contributed by atoms with E-state index in [0.717, 1.165) is 23.5 Å². The minimum Gasteiger partial charge on any atom is -0.464 e. The maximum atomic E-state index is 12.4. The fraction of sp³-hybridized carbons (Fsp3) is 0.526. The Morgan fingerprint density at radius 2 is 1.89 bits per heavy atom. The van der Waals surface area contributed by atoms with Crippen LogP contribution in [0, 0.1) is 0 Å². The molecule has 0 aliphatic carbocycles. The van der Waals surface area contributed by atoms with Crippen LogP contribution in [0.3, 0.4) is 0 Å². The Labute approximate surface area is 159 Å². The quantitative estimate of drug-likeness (QED) is 0.809. The summed E-state index contributed by atoms with van der Waals surface area (Å²) in [6, 6.07) is 7.22. The van der Waals surface area contributed by atoms with E-state index in [-0.39, 0.29) is 6.03 Å². The van der Waals surface area contributed by atoms with Crippen molar-refractivity contribution in [2.45, 2.75) is 33.4 Å². The molecule has 3 rings (SSSR count). The summed E-state index contributed by atoms with van der Waals surface area (Å²) in [4.78, 5) is 32.8. The zero-order valence-electron chi connectivity index (χ0n) is 16.1. The molecule has 2 heterocycles. The van der Waals surface area contributed by atoms with E-state index in [1.54, 1.807) is 18.7 Å². The number of carbonyl (C=O) groups is 2. The van der Waals surface area contributed by atoms with Gasteiger partial charge >= 0.3 is 12.0 Å². The van der Waals surface area contributed by atoms with Gasteiger partial charge in [-0.25, -0.2) is 14.6 Å². The maximum absolute atomic E-state index is 12.4. The number of fused-ring (bicyclic) bond motifs is 1. The van der Waals surface area contributed by atoms with E-state index in [2.05, 4.69) is 27.8 Å². The van der Waals surface area contributed by atoms with Crippen LogP contribution in [0.5, 0.6) is 0 Å². The van der Waals surface area contributed by atoms with Crippen LogP contribution in [0.1, 0.15) is 20.8 Å². The minimum absolute atomic E-state index is 0.237. The molecule has 1 aromatic heterocycles. The molecule has 27 heavy (non-hydrogen) atoms. The molecule has 2 amide bonds.